The number of halogens is 3. The normalized spacial score (nSPS) is 11.2. The lowest BCUT2D eigenvalue weighted by Gasteiger charge is -2.06. The fraction of sp³-hybridized carbons (Fsp3) is 0. The van der Waals surface area contributed by atoms with Crippen LogP contribution in [0.4, 0.5) is 13.2 Å². The molecule has 0 aliphatic carbocycles. The first kappa shape index (κ1) is 10.1. The molecule has 3 aromatic carbocycles. The van der Waals surface area contributed by atoms with E-state index in [2.05, 4.69) is 12.1 Å². The maximum atomic E-state index is 14.1. The molecule has 0 aromatic heterocycles. The van der Waals surface area contributed by atoms with Crippen molar-refractivity contribution in [3.63, 3.8) is 0 Å². The number of benzene rings is 3. The molecular weight excluding hydrogens is 225 g/mol. The van der Waals surface area contributed by atoms with Gasteiger partial charge >= 0.3 is 0 Å². The summed E-state index contributed by atoms with van der Waals surface area (Å²) in [5.74, 6) is -1.92. The molecule has 82 valence electrons. The van der Waals surface area contributed by atoms with E-state index in [-0.39, 0.29) is 21.5 Å². The first-order valence-corrected chi connectivity index (χ1v) is 4.96. The highest BCUT2D eigenvalue weighted by molar-refractivity contribution is 5.99. The molecule has 2 radical (unpaired) electrons. The van der Waals surface area contributed by atoms with Crippen LogP contribution in [0.1, 0.15) is 0 Å². The monoisotopic (exact) mass is 230 g/mol. The van der Waals surface area contributed by atoms with Gasteiger partial charge in [-0.05, 0) is 24.3 Å². The largest absolute Gasteiger partial charge is 0.206 e. The van der Waals surface area contributed by atoms with Gasteiger partial charge in [-0.1, -0.05) is 12.1 Å². The van der Waals surface area contributed by atoms with Gasteiger partial charge in [-0.2, -0.15) is 0 Å². The molecule has 0 spiro atoms. The van der Waals surface area contributed by atoms with Crippen molar-refractivity contribution in [3.8, 4) is 0 Å². The van der Waals surface area contributed by atoms with E-state index in [9.17, 15) is 13.2 Å². The second-order valence-electron chi connectivity index (χ2n) is 3.71. The quantitative estimate of drug-likeness (QED) is 0.512. The van der Waals surface area contributed by atoms with Gasteiger partial charge in [-0.3, -0.25) is 0 Å². The van der Waals surface area contributed by atoms with Crippen molar-refractivity contribution in [2.24, 2.45) is 0 Å². The van der Waals surface area contributed by atoms with E-state index in [1.54, 1.807) is 0 Å². The summed E-state index contributed by atoms with van der Waals surface area (Å²) in [5, 5.41) is 0.213. The van der Waals surface area contributed by atoms with Crippen molar-refractivity contribution in [2.75, 3.05) is 0 Å². The highest BCUT2D eigenvalue weighted by atomic mass is 19.1. The summed E-state index contributed by atoms with van der Waals surface area (Å²) in [6.45, 7) is 0. The Bertz CT molecular complexity index is 732. The zero-order chi connectivity index (χ0) is 12.0. The Kier molecular flexibility index (Phi) is 2.08. The first-order chi connectivity index (χ1) is 8.18. The topological polar surface area (TPSA) is 0 Å². The molecule has 0 bridgehead atoms. The van der Waals surface area contributed by atoms with Gasteiger partial charge in [-0.25, -0.2) is 13.2 Å². The molecule has 0 saturated carbocycles. The number of rotatable bonds is 0. The Morgan fingerprint density at radius 2 is 1.53 bits per heavy atom. The highest BCUT2D eigenvalue weighted by Crippen LogP contribution is 2.30. The molecule has 3 heteroatoms. The fourth-order valence-electron chi connectivity index (χ4n) is 1.92. The van der Waals surface area contributed by atoms with E-state index < -0.39 is 17.5 Å². The van der Waals surface area contributed by atoms with Crippen LogP contribution in [0, 0.1) is 29.6 Å². The third-order valence-corrected chi connectivity index (χ3v) is 2.73. The Labute approximate surface area is 95.3 Å². The maximum absolute atomic E-state index is 14.1. The van der Waals surface area contributed by atoms with Crippen molar-refractivity contribution in [2.45, 2.75) is 0 Å². The summed E-state index contributed by atoms with van der Waals surface area (Å²) in [5.41, 5.74) is 0. The van der Waals surface area contributed by atoms with Crippen LogP contribution < -0.4 is 0 Å². The van der Waals surface area contributed by atoms with E-state index in [1.807, 2.05) is 0 Å². The minimum Gasteiger partial charge on any atom is -0.206 e. The summed E-state index contributed by atoms with van der Waals surface area (Å²) in [6.07, 6.45) is 0. The van der Waals surface area contributed by atoms with Crippen molar-refractivity contribution in [3.05, 3.63) is 59.9 Å². The minimum absolute atomic E-state index is 0.0302. The van der Waals surface area contributed by atoms with Gasteiger partial charge in [-0.15, -0.1) is 0 Å². The summed E-state index contributed by atoms with van der Waals surface area (Å²) < 4.78 is 41.1. The van der Waals surface area contributed by atoms with Crippen molar-refractivity contribution >= 4 is 21.5 Å². The van der Waals surface area contributed by atoms with Crippen LogP contribution in [0.25, 0.3) is 21.5 Å². The van der Waals surface area contributed by atoms with Crippen LogP contribution in [0.3, 0.4) is 0 Å². The molecule has 0 amide bonds. The van der Waals surface area contributed by atoms with Gasteiger partial charge in [0.15, 0.2) is 0 Å². The van der Waals surface area contributed by atoms with Gasteiger partial charge < -0.3 is 0 Å². The van der Waals surface area contributed by atoms with Crippen LogP contribution >= 0.6 is 0 Å². The molecule has 0 N–H and O–H groups in total. The zero-order valence-electron chi connectivity index (χ0n) is 8.52. The van der Waals surface area contributed by atoms with E-state index in [4.69, 9.17) is 0 Å². The third-order valence-electron chi connectivity index (χ3n) is 2.73. The number of hydrogen-bond donors (Lipinski definition) is 0. The summed E-state index contributed by atoms with van der Waals surface area (Å²) in [4.78, 5) is 0. The average Bonchev–Trinajstić information content (AvgIpc) is 2.36. The van der Waals surface area contributed by atoms with Gasteiger partial charge in [0.05, 0.1) is 0 Å². The van der Waals surface area contributed by atoms with E-state index in [1.165, 1.54) is 18.2 Å². The first-order valence-electron chi connectivity index (χ1n) is 4.96. The lowest BCUT2D eigenvalue weighted by Crippen LogP contribution is -1.90. The van der Waals surface area contributed by atoms with E-state index >= 15 is 0 Å². The Balaban J connectivity index is 2.63. The summed E-state index contributed by atoms with van der Waals surface area (Å²) in [7, 11) is 0. The lowest BCUT2D eigenvalue weighted by atomic mass is 10.0. The highest BCUT2D eigenvalue weighted by Gasteiger charge is 2.13. The Morgan fingerprint density at radius 1 is 0.824 bits per heavy atom. The van der Waals surface area contributed by atoms with Crippen LogP contribution in [-0.2, 0) is 0 Å². The SMILES string of the molecule is Fc1[c]cc2c(F)c3cc[c]cc3c(F)c2c1. The lowest BCUT2D eigenvalue weighted by molar-refractivity contribution is 0.618. The molecule has 0 unspecified atom stereocenters. The summed E-state index contributed by atoms with van der Waals surface area (Å²) in [6, 6.07) is 11.3. The molecule has 17 heavy (non-hydrogen) atoms. The second-order valence-corrected chi connectivity index (χ2v) is 3.71. The third kappa shape index (κ3) is 1.39. The molecule has 0 saturated heterocycles. The van der Waals surface area contributed by atoms with Crippen molar-refractivity contribution in [1.82, 2.24) is 0 Å². The van der Waals surface area contributed by atoms with Crippen LogP contribution in [0.5, 0.6) is 0 Å². The van der Waals surface area contributed by atoms with Crippen LogP contribution in [-0.4, -0.2) is 0 Å². The molecular formula is C14H5F3. The Morgan fingerprint density at radius 3 is 2.35 bits per heavy atom. The molecule has 0 fully saturated rings. The zero-order valence-corrected chi connectivity index (χ0v) is 8.52. The standard InChI is InChI=1S/C14H5F3/c15-8-5-6-11-12(7-8)14(17)10-4-2-1-3-9(10)13(11)16/h1,3-4,6-7H. The predicted molar refractivity (Wildman–Crippen MR) is 59.0 cm³/mol. The minimum atomic E-state index is -0.713. The van der Waals surface area contributed by atoms with Crippen molar-refractivity contribution < 1.29 is 13.2 Å². The summed E-state index contributed by atoms with van der Waals surface area (Å²) >= 11 is 0. The average molecular weight is 230 g/mol. The molecule has 3 aromatic rings. The molecule has 0 nitrogen and oxygen atoms in total. The molecule has 0 aliphatic heterocycles. The smallest absolute Gasteiger partial charge is 0.139 e. The predicted octanol–water partition coefficient (Wildman–Crippen LogP) is 4.01. The van der Waals surface area contributed by atoms with Crippen LogP contribution in [0.2, 0.25) is 0 Å². The maximum Gasteiger partial charge on any atom is 0.139 e. The van der Waals surface area contributed by atoms with Gasteiger partial charge in [0.1, 0.15) is 17.5 Å². The van der Waals surface area contributed by atoms with E-state index in [0.717, 1.165) is 12.1 Å². The molecule has 0 aliphatic rings. The van der Waals surface area contributed by atoms with E-state index in [0.29, 0.717) is 0 Å². The Hall–Kier alpha value is -2.03. The van der Waals surface area contributed by atoms with Crippen LogP contribution in [0.15, 0.2) is 30.3 Å². The second kappa shape index (κ2) is 3.48. The molecule has 3 rings (SSSR count). The van der Waals surface area contributed by atoms with Gasteiger partial charge in [0, 0.05) is 27.6 Å². The fourth-order valence-corrected chi connectivity index (χ4v) is 1.92. The van der Waals surface area contributed by atoms with Gasteiger partial charge in [0.2, 0.25) is 0 Å². The number of hydrogen-bond acceptors (Lipinski definition) is 0. The van der Waals surface area contributed by atoms with Gasteiger partial charge in [0.25, 0.3) is 0 Å². The van der Waals surface area contributed by atoms with Crippen molar-refractivity contribution in [1.29, 1.82) is 0 Å². The molecule has 0 atom stereocenters. The molecule has 0 heterocycles. The number of fused-ring (bicyclic) bond motifs is 2.